The summed E-state index contributed by atoms with van der Waals surface area (Å²) in [5.41, 5.74) is 37.1. The minimum absolute atomic E-state index is 0.0347. The van der Waals surface area contributed by atoms with Crippen LogP contribution >= 0.6 is 0 Å². The SMILES string of the molecule is [2H]C1([2H])C(=C)NC(=O)C([2H])(N2Cc3c(N)cccc3C2=O)C1([2H])[2H].[2H]C1([2H])c2c(N)cccc2C(=O)N1C1([2H])C(=O)NC(=C)C([2H])([2H])C1([2H])[2H].[2H]C1([2H])c2c(N)cccc2C(=O)N1C1CCC(=C)NC1=O.[2H]c1c([2H])c(N)c2c(c1[2H])C(=O)N(C1([2H])C(=O)NC(=C)C([2H])([2H])C1([2H])[2H])C2.[2H]c1c([2H])c(N)c2c(c1[2H])C(=O)N(C1([2H])C(=O)NC(=C)C([2H])([2H])C1([2H])[2H])C2([2H])[2H].[2H]c1c([2H])c(N)c2c(c1[2H])C(=O)N(C1CCC(=C)NC1=O)C2.[2H]c1c([2H])c(N)c2c(c1[2H])C(=O)N(C1CCC(=C)NC1=O)C2([2H])[2H]. The molecule has 14 aliphatic heterocycles. The fourth-order valence-electron chi connectivity index (χ4n) is 14.8. The van der Waals surface area contributed by atoms with Crippen molar-refractivity contribution in [3.63, 3.8) is 0 Å². The highest BCUT2D eigenvalue weighted by Crippen LogP contribution is 2.40. The van der Waals surface area contributed by atoms with E-state index >= 15 is 0 Å². The van der Waals surface area contributed by atoms with Crippen LogP contribution in [0.3, 0.4) is 0 Å². The molecule has 0 bridgehead atoms. The molecule has 14 heterocycles. The summed E-state index contributed by atoms with van der Waals surface area (Å²) >= 11 is 0. The fourth-order valence-corrected chi connectivity index (χ4v) is 14.8. The zero-order valence-electron chi connectivity index (χ0n) is 110. The molecule has 7 aromatic rings. The molecule has 35 heteroatoms. The van der Waals surface area contributed by atoms with Gasteiger partial charge < -0.3 is 112 Å². The monoisotopic (exact) mass is 1840 g/mol. The van der Waals surface area contributed by atoms with Crippen molar-refractivity contribution in [2.24, 2.45) is 0 Å². The van der Waals surface area contributed by atoms with Gasteiger partial charge in [0.2, 0.25) is 41.4 Å². The maximum absolute atomic E-state index is 13.0. The van der Waals surface area contributed by atoms with Crippen LogP contribution in [-0.4, -0.2) is 159 Å². The van der Waals surface area contributed by atoms with Gasteiger partial charge in [0.1, 0.15) is 42.2 Å². The number of carbonyl (C=O) groups excluding carboxylic acids is 14. The quantitative estimate of drug-likeness (QED) is 0.0706. The summed E-state index contributed by atoms with van der Waals surface area (Å²) in [6, 6.07) is -8.54. The molecule has 7 saturated heterocycles. The van der Waals surface area contributed by atoms with E-state index in [1.165, 1.54) is 35.2 Å². The van der Waals surface area contributed by atoms with E-state index in [1.54, 1.807) is 24.3 Å². The van der Waals surface area contributed by atoms with E-state index in [2.05, 4.69) is 67.3 Å². The van der Waals surface area contributed by atoms with Gasteiger partial charge in [-0.05, 0) is 174 Å². The third-order valence-corrected chi connectivity index (χ3v) is 21.4. The number of nitrogens with two attached hydrogens (primary N) is 7. The Hall–Kier alpha value is -16.1. The lowest BCUT2D eigenvalue weighted by Gasteiger charge is -2.30. The first-order valence-electron chi connectivity index (χ1n) is 59.6. The van der Waals surface area contributed by atoms with Gasteiger partial charge in [-0.15, -0.1) is 0 Å². The number of nitrogens with one attached hydrogen (secondary N) is 7. The minimum atomic E-state index is -3.48. The van der Waals surface area contributed by atoms with Gasteiger partial charge in [0.25, 0.3) is 41.4 Å². The molecule has 0 spiro atoms. The van der Waals surface area contributed by atoms with Gasteiger partial charge >= 0.3 is 0 Å². The number of rotatable bonds is 7. The van der Waals surface area contributed by atoms with E-state index in [1.807, 2.05) is 16.0 Å². The Labute approximate surface area is 822 Å². The van der Waals surface area contributed by atoms with Gasteiger partial charge in [0.05, 0.1) is 32.9 Å². The van der Waals surface area contributed by atoms with Crippen molar-refractivity contribution in [2.45, 2.75) is 177 Å². The van der Waals surface area contributed by atoms with Crippen LogP contribution in [0.5, 0.6) is 0 Å². The van der Waals surface area contributed by atoms with E-state index in [-0.39, 0.29) is 138 Å². The van der Waals surface area contributed by atoms with Crippen molar-refractivity contribution in [3.8, 4) is 0 Å². The van der Waals surface area contributed by atoms with Crippen LogP contribution in [0.15, 0.2) is 213 Å². The van der Waals surface area contributed by atoms with Crippen LogP contribution in [0, 0.1) is 0 Å². The Bertz CT molecular complexity index is 8500. The molecule has 7 aromatic carbocycles. The maximum atomic E-state index is 13.0. The predicted molar refractivity (Wildman–Crippen MR) is 497 cm³/mol. The number of benzene rings is 7. The predicted octanol–water partition coefficient (Wildman–Crippen LogP) is 7.12. The summed E-state index contributed by atoms with van der Waals surface area (Å²) < 4.78 is 322. The first-order chi connectivity index (χ1) is 79.1. The summed E-state index contributed by atoms with van der Waals surface area (Å²) in [6.45, 7) is 12.9. The summed E-state index contributed by atoms with van der Waals surface area (Å²) in [5.74, 6) is -13.0. The lowest BCUT2D eigenvalue weighted by Crippen LogP contribution is -2.49. The number of nitrogen functional groups attached to an aromatic ring is 7. The number of amides is 14. The van der Waals surface area contributed by atoms with Crippen LogP contribution in [-0.2, 0) is 79.2 Å². The molecule has 0 radical (unpaired) electrons. The number of carbonyl (C=O) groups is 14. The normalized spacial score (nSPS) is 33.5. The Kier molecular flexibility index (Phi) is 15.3. The Morgan fingerprint density at radius 1 is 0.271 bits per heavy atom. The van der Waals surface area contributed by atoms with E-state index in [0.29, 0.717) is 70.1 Å². The Morgan fingerprint density at radius 2 is 0.496 bits per heavy atom. The molecule has 686 valence electrons. The number of hydrogen-bond acceptors (Lipinski definition) is 21. The molecule has 21 N–H and O–H groups in total. The van der Waals surface area contributed by atoms with Crippen molar-refractivity contribution in [2.75, 3.05) is 40.1 Å². The zero-order valence-corrected chi connectivity index (χ0v) is 69.6. The van der Waals surface area contributed by atoms with Gasteiger partial charge in [-0.1, -0.05) is 88.4 Å². The molecule has 21 rings (SSSR count). The van der Waals surface area contributed by atoms with Crippen molar-refractivity contribution in [1.82, 2.24) is 71.5 Å². The van der Waals surface area contributed by atoms with Crippen molar-refractivity contribution in [3.05, 3.63) is 291 Å². The number of fused-ring (bicyclic) bond motifs is 7. The smallest absolute Gasteiger partial charge is 0.255 e. The maximum Gasteiger partial charge on any atom is 0.255 e. The number of piperidine rings is 7. The van der Waals surface area contributed by atoms with Gasteiger partial charge in [-0.2, -0.15) is 0 Å². The highest BCUT2D eigenvalue weighted by atomic mass is 16.2. The molecule has 7 atom stereocenters. The van der Waals surface area contributed by atoms with Crippen molar-refractivity contribution >= 4 is 123 Å². The molecule has 0 aliphatic carbocycles. The number of allylic oxidation sites excluding steroid dienone is 7. The summed E-state index contributed by atoms with van der Waals surface area (Å²) in [4.78, 5) is 180. The second-order valence-corrected chi connectivity index (χ2v) is 30.1. The van der Waals surface area contributed by atoms with Crippen LogP contribution < -0.4 is 77.4 Å². The van der Waals surface area contributed by atoms with Crippen LogP contribution in [0.4, 0.5) is 39.8 Å². The van der Waals surface area contributed by atoms with Crippen LogP contribution in [0.25, 0.3) is 0 Å². The highest BCUT2D eigenvalue weighted by Gasteiger charge is 2.47. The summed E-state index contributed by atoms with van der Waals surface area (Å²) in [5, 5.41) is 15.7. The standard InChI is InChI=1S/7C14H15N3O2/c7*1-8-5-6-12(13(18)16-8)17-7-10-9(14(17)19)3-2-4-11(10)15/h7*2-4,12H,1,5-7,15H2,(H,16,18)/i2D,3D,4D,5D2,6D2,7D2,12D;2D,3D,4D,5D2,6D2,12D;5D2,6D2,7D2,12D;2D,3D,4D,7D2;5D2,6D2,12D;2D,3D,4D;7D2. The molecule has 0 saturated carbocycles. The van der Waals surface area contributed by atoms with Gasteiger partial charge in [-0.3, -0.25) is 67.1 Å². The van der Waals surface area contributed by atoms with Crippen LogP contribution in [0.1, 0.15) is 256 Å². The molecule has 7 unspecified atom stereocenters. The third kappa shape index (κ3) is 18.5. The lowest BCUT2D eigenvalue weighted by molar-refractivity contribution is -0.127. The molecule has 7 fully saturated rings. The first-order valence-corrected chi connectivity index (χ1v) is 39.6. The third-order valence-electron chi connectivity index (χ3n) is 21.4. The minimum Gasteiger partial charge on any atom is -0.398 e. The lowest BCUT2D eigenvalue weighted by atomic mass is 10.0. The fraction of sp³-hybridized carbons (Fsp3) is 0.286. The van der Waals surface area contributed by atoms with E-state index in [0.717, 1.165) is 9.80 Å². The largest absolute Gasteiger partial charge is 0.398 e. The van der Waals surface area contributed by atoms with Gasteiger partial charge in [0, 0.05) is 225 Å². The topological polar surface area (TPSA) is 528 Å². The number of hydrogen-bond donors (Lipinski definition) is 14. The summed E-state index contributed by atoms with van der Waals surface area (Å²) in [7, 11) is 0. The molecule has 14 aliphatic rings. The van der Waals surface area contributed by atoms with E-state index in [9.17, 15) is 67.1 Å². The number of anilines is 7. The molecule has 133 heavy (non-hydrogen) atoms. The van der Waals surface area contributed by atoms with Crippen molar-refractivity contribution in [1.29, 1.82) is 0 Å². The average Bonchev–Trinajstić information content (AvgIpc) is 1.53. The molecular weight excluding hydrogens is 1700 g/mol. The first kappa shape index (κ1) is 53.8. The van der Waals surface area contributed by atoms with E-state index in [4.69, 9.17) is 95.0 Å². The van der Waals surface area contributed by atoms with Gasteiger partial charge in [-0.25, -0.2) is 0 Å². The van der Waals surface area contributed by atoms with Gasteiger partial charge in [0.15, 0.2) is 0 Å². The van der Waals surface area contributed by atoms with Crippen molar-refractivity contribution < 1.29 is 122 Å². The molecule has 35 nitrogen and oxygen atoms in total. The summed E-state index contributed by atoms with van der Waals surface area (Å²) in [6.07, 6.45) is -22.1. The second kappa shape index (κ2) is 37.9. The second-order valence-electron chi connectivity index (χ2n) is 30.1. The zero-order chi connectivity index (χ0) is 131. The van der Waals surface area contributed by atoms with E-state index < -0.39 is 302 Å². The number of nitrogens with zero attached hydrogens (tertiary/aromatic N) is 7. The Morgan fingerprint density at radius 3 is 0.827 bits per heavy atom. The molecular formula is C98H105N21O14. The average molecular weight is 1840 g/mol. The molecule has 14 amide bonds. The van der Waals surface area contributed by atoms with Crippen LogP contribution in [0.2, 0.25) is 0 Å². The molecule has 0 aromatic heterocycles. The highest BCUT2D eigenvalue weighted by molar-refractivity contribution is 6.08. The Balaban J connectivity index is 0.000000148.